The summed E-state index contributed by atoms with van der Waals surface area (Å²) in [5.41, 5.74) is 2.04. The SMILES string of the molecule is CCN(CC)c1ccc(NCc2nccn2C(F)F)cc1. The number of rotatable bonds is 7. The lowest BCUT2D eigenvalue weighted by atomic mass is 10.2. The standard InChI is InChI=1S/C15H20F2N4/c1-3-20(4-2)13-7-5-12(6-8-13)19-11-14-18-9-10-21(14)15(16)17/h5-10,15,19H,3-4,11H2,1-2H3. The van der Waals surface area contributed by atoms with Crippen molar-refractivity contribution in [3.8, 4) is 0 Å². The summed E-state index contributed by atoms with van der Waals surface area (Å²) in [6.45, 7) is 3.83. The average Bonchev–Trinajstić information content (AvgIpc) is 2.96. The van der Waals surface area contributed by atoms with Crippen molar-refractivity contribution in [2.24, 2.45) is 0 Å². The summed E-state index contributed by atoms with van der Waals surface area (Å²) < 4.78 is 26.3. The number of nitrogens with one attached hydrogen (secondary N) is 1. The van der Waals surface area contributed by atoms with Crippen molar-refractivity contribution in [1.29, 1.82) is 0 Å². The summed E-state index contributed by atoms with van der Waals surface area (Å²) in [5, 5.41) is 3.11. The van der Waals surface area contributed by atoms with Crippen LogP contribution in [0.2, 0.25) is 0 Å². The Bertz CT molecular complexity index is 547. The molecule has 6 heteroatoms. The third kappa shape index (κ3) is 3.71. The Morgan fingerprint density at radius 2 is 1.86 bits per heavy atom. The van der Waals surface area contributed by atoms with E-state index >= 15 is 0 Å². The minimum Gasteiger partial charge on any atom is -0.378 e. The monoisotopic (exact) mass is 294 g/mol. The Labute approximate surface area is 123 Å². The van der Waals surface area contributed by atoms with Gasteiger partial charge in [-0.15, -0.1) is 0 Å². The van der Waals surface area contributed by atoms with E-state index in [0.29, 0.717) is 5.82 Å². The second-order valence-electron chi connectivity index (χ2n) is 4.60. The molecule has 0 unspecified atom stereocenters. The second kappa shape index (κ2) is 7.06. The number of hydrogen-bond acceptors (Lipinski definition) is 3. The fraction of sp³-hybridized carbons (Fsp3) is 0.400. The van der Waals surface area contributed by atoms with Crippen LogP contribution < -0.4 is 10.2 Å². The normalized spacial score (nSPS) is 10.9. The van der Waals surface area contributed by atoms with Gasteiger partial charge < -0.3 is 10.2 Å². The fourth-order valence-electron chi connectivity index (χ4n) is 2.22. The molecule has 1 N–H and O–H groups in total. The number of hydrogen-bond donors (Lipinski definition) is 1. The maximum Gasteiger partial charge on any atom is 0.319 e. The summed E-state index contributed by atoms with van der Waals surface area (Å²) >= 11 is 0. The van der Waals surface area contributed by atoms with E-state index in [1.165, 1.54) is 12.4 Å². The Morgan fingerprint density at radius 3 is 2.43 bits per heavy atom. The van der Waals surface area contributed by atoms with Crippen molar-refractivity contribution in [2.45, 2.75) is 26.9 Å². The van der Waals surface area contributed by atoms with E-state index < -0.39 is 6.55 Å². The molecule has 2 rings (SSSR count). The zero-order chi connectivity index (χ0) is 15.2. The molecule has 1 aromatic carbocycles. The molecule has 1 aromatic heterocycles. The summed E-state index contributed by atoms with van der Waals surface area (Å²) in [6, 6.07) is 7.94. The first-order valence-electron chi connectivity index (χ1n) is 7.04. The molecule has 0 bridgehead atoms. The quantitative estimate of drug-likeness (QED) is 0.844. The van der Waals surface area contributed by atoms with Gasteiger partial charge in [-0.25, -0.2) is 4.98 Å². The van der Waals surface area contributed by atoms with E-state index in [1.807, 2.05) is 24.3 Å². The van der Waals surface area contributed by atoms with Crippen molar-refractivity contribution in [1.82, 2.24) is 9.55 Å². The predicted molar refractivity (Wildman–Crippen MR) is 80.8 cm³/mol. The average molecular weight is 294 g/mol. The molecule has 4 nitrogen and oxygen atoms in total. The van der Waals surface area contributed by atoms with Gasteiger partial charge in [0.1, 0.15) is 5.82 Å². The molecular weight excluding hydrogens is 274 g/mol. The minimum absolute atomic E-state index is 0.266. The number of benzene rings is 1. The summed E-state index contributed by atoms with van der Waals surface area (Å²) in [4.78, 5) is 6.18. The van der Waals surface area contributed by atoms with Crippen molar-refractivity contribution in [3.05, 3.63) is 42.5 Å². The van der Waals surface area contributed by atoms with E-state index in [-0.39, 0.29) is 6.54 Å². The molecule has 0 aliphatic heterocycles. The van der Waals surface area contributed by atoms with Crippen LogP contribution in [0.15, 0.2) is 36.7 Å². The Kier molecular flexibility index (Phi) is 5.14. The lowest BCUT2D eigenvalue weighted by Gasteiger charge is -2.21. The maximum absolute atomic E-state index is 12.7. The van der Waals surface area contributed by atoms with Gasteiger partial charge in [0, 0.05) is 36.9 Å². The maximum atomic E-state index is 12.7. The van der Waals surface area contributed by atoms with Gasteiger partial charge >= 0.3 is 6.55 Å². The number of nitrogens with zero attached hydrogens (tertiary/aromatic N) is 3. The summed E-state index contributed by atoms with van der Waals surface area (Å²) in [6.07, 6.45) is 2.66. The smallest absolute Gasteiger partial charge is 0.319 e. The van der Waals surface area contributed by atoms with Gasteiger partial charge in [0.15, 0.2) is 0 Å². The highest BCUT2D eigenvalue weighted by atomic mass is 19.3. The first kappa shape index (κ1) is 15.3. The molecule has 114 valence electrons. The molecule has 0 fully saturated rings. The molecule has 0 saturated carbocycles. The molecule has 2 aromatic rings. The van der Waals surface area contributed by atoms with Gasteiger partial charge in [-0.3, -0.25) is 4.57 Å². The summed E-state index contributed by atoms with van der Waals surface area (Å²) in [7, 11) is 0. The van der Waals surface area contributed by atoms with Crippen LogP contribution in [0.5, 0.6) is 0 Å². The Balaban J connectivity index is 1.99. The molecule has 0 radical (unpaired) electrons. The third-order valence-electron chi connectivity index (χ3n) is 3.41. The van der Waals surface area contributed by atoms with Crippen LogP contribution in [0.4, 0.5) is 20.2 Å². The van der Waals surface area contributed by atoms with E-state index in [0.717, 1.165) is 29.0 Å². The summed E-state index contributed by atoms with van der Waals surface area (Å²) in [5.74, 6) is 0.317. The highest BCUT2D eigenvalue weighted by Gasteiger charge is 2.10. The number of halogens is 2. The molecule has 0 aliphatic rings. The van der Waals surface area contributed by atoms with Crippen LogP contribution in [0.1, 0.15) is 26.2 Å². The van der Waals surface area contributed by atoms with Crippen LogP contribution in [0, 0.1) is 0 Å². The molecule has 21 heavy (non-hydrogen) atoms. The number of anilines is 2. The highest BCUT2D eigenvalue weighted by Crippen LogP contribution is 2.19. The lowest BCUT2D eigenvalue weighted by molar-refractivity contribution is 0.0673. The molecule has 0 aliphatic carbocycles. The molecule has 1 heterocycles. The van der Waals surface area contributed by atoms with Gasteiger partial charge in [-0.2, -0.15) is 8.78 Å². The highest BCUT2D eigenvalue weighted by molar-refractivity contribution is 5.55. The zero-order valence-electron chi connectivity index (χ0n) is 12.3. The number of aromatic nitrogens is 2. The van der Waals surface area contributed by atoms with Crippen LogP contribution in [0.3, 0.4) is 0 Å². The van der Waals surface area contributed by atoms with Crippen molar-refractivity contribution < 1.29 is 8.78 Å². The second-order valence-corrected chi connectivity index (χ2v) is 4.60. The van der Waals surface area contributed by atoms with Crippen LogP contribution in [0.25, 0.3) is 0 Å². The lowest BCUT2D eigenvalue weighted by Crippen LogP contribution is -2.21. The van der Waals surface area contributed by atoms with Gasteiger partial charge in [-0.1, -0.05) is 0 Å². The van der Waals surface area contributed by atoms with Gasteiger partial charge in [-0.05, 0) is 38.1 Å². The van der Waals surface area contributed by atoms with E-state index in [2.05, 4.69) is 29.0 Å². The predicted octanol–water partition coefficient (Wildman–Crippen LogP) is 3.74. The number of imidazole rings is 1. The Morgan fingerprint density at radius 1 is 1.19 bits per heavy atom. The third-order valence-corrected chi connectivity index (χ3v) is 3.41. The van der Waals surface area contributed by atoms with Crippen LogP contribution in [-0.4, -0.2) is 22.6 Å². The molecule has 0 atom stereocenters. The van der Waals surface area contributed by atoms with Crippen molar-refractivity contribution in [2.75, 3.05) is 23.3 Å². The van der Waals surface area contributed by atoms with Gasteiger partial charge in [0.05, 0.1) is 6.54 Å². The first-order chi connectivity index (χ1) is 10.2. The van der Waals surface area contributed by atoms with Gasteiger partial charge in [0.25, 0.3) is 0 Å². The number of alkyl halides is 2. The van der Waals surface area contributed by atoms with E-state index in [1.54, 1.807) is 0 Å². The van der Waals surface area contributed by atoms with Gasteiger partial charge in [0.2, 0.25) is 0 Å². The van der Waals surface area contributed by atoms with Crippen LogP contribution in [-0.2, 0) is 6.54 Å². The molecule has 0 spiro atoms. The topological polar surface area (TPSA) is 33.1 Å². The molecular formula is C15H20F2N4. The zero-order valence-corrected chi connectivity index (χ0v) is 12.3. The molecule has 0 amide bonds. The van der Waals surface area contributed by atoms with Crippen molar-refractivity contribution in [3.63, 3.8) is 0 Å². The Hall–Kier alpha value is -2.11. The largest absolute Gasteiger partial charge is 0.378 e. The van der Waals surface area contributed by atoms with E-state index in [4.69, 9.17) is 0 Å². The first-order valence-corrected chi connectivity index (χ1v) is 7.04. The van der Waals surface area contributed by atoms with Crippen molar-refractivity contribution >= 4 is 11.4 Å². The van der Waals surface area contributed by atoms with Crippen LogP contribution >= 0.6 is 0 Å². The minimum atomic E-state index is -2.56. The molecule has 0 saturated heterocycles. The van der Waals surface area contributed by atoms with E-state index in [9.17, 15) is 8.78 Å². The fourth-order valence-corrected chi connectivity index (χ4v) is 2.22.